The van der Waals surface area contributed by atoms with Crippen LogP contribution in [0.15, 0.2) is 0 Å². The van der Waals surface area contributed by atoms with E-state index in [9.17, 15) is 4.79 Å². The van der Waals surface area contributed by atoms with Gasteiger partial charge < -0.3 is 9.64 Å². The summed E-state index contributed by atoms with van der Waals surface area (Å²) in [4.78, 5) is 14.2. The molecule has 1 unspecified atom stereocenters. The summed E-state index contributed by atoms with van der Waals surface area (Å²) >= 11 is 0. The Morgan fingerprint density at radius 3 is 2.33 bits per heavy atom. The smallest absolute Gasteiger partial charge is 0.254 e. The molecular weight excluding hydrogens is 190 g/mol. The van der Waals surface area contributed by atoms with Crippen LogP contribution in [-0.2, 0) is 9.53 Å². The van der Waals surface area contributed by atoms with Crippen molar-refractivity contribution in [2.24, 2.45) is 0 Å². The first-order valence-electron chi connectivity index (χ1n) is 6.07. The largest absolute Gasteiger partial charge is 0.365 e. The summed E-state index contributed by atoms with van der Waals surface area (Å²) < 4.78 is 5.58. The lowest BCUT2D eigenvalue weighted by Gasteiger charge is -2.30. The summed E-state index contributed by atoms with van der Waals surface area (Å²) in [5, 5.41) is 0. The summed E-state index contributed by atoms with van der Waals surface area (Å²) in [6.45, 7) is 8.58. The zero-order valence-electron chi connectivity index (χ0n) is 10.2. The number of amides is 1. The Labute approximate surface area is 92.8 Å². The number of carbonyl (C=O) groups excluding carboxylic acids is 1. The third-order valence-electron chi connectivity index (χ3n) is 2.95. The van der Waals surface area contributed by atoms with E-state index in [2.05, 4.69) is 13.8 Å². The topological polar surface area (TPSA) is 29.5 Å². The molecule has 1 atom stereocenters. The minimum Gasteiger partial charge on any atom is -0.365 e. The molecule has 1 aliphatic heterocycles. The van der Waals surface area contributed by atoms with Crippen LogP contribution in [-0.4, -0.2) is 36.1 Å². The minimum atomic E-state index is -0.537. The second-order valence-electron chi connectivity index (χ2n) is 4.48. The first-order valence-corrected chi connectivity index (χ1v) is 6.07. The highest BCUT2D eigenvalue weighted by Crippen LogP contribution is 2.27. The van der Waals surface area contributed by atoms with Crippen molar-refractivity contribution in [2.75, 3.05) is 19.7 Å². The number of carbonyl (C=O) groups is 1. The Hall–Kier alpha value is -0.570. The highest BCUT2D eigenvalue weighted by atomic mass is 16.5. The Kier molecular flexibility index (Phi) is 4.58. The fraction of sp³-hybridized carbons (Fsp3) is 0.917. The molecule has 0 aliphatic carbocycles. The van der Waals surface area contributed by atoms with E-state index in [1.54, 1.807) is 0 Å². The summed E-state index contributed by atoms with van der Waals surface area (Å²) in [7, 11) is 0. The molecule has 15 heavy (non-hydrogen) atoms. The van der Waals surface area contributed by atoms with Gasteiger partial charge in [-0.25, -0.2) is 0 Å². The molecule has 0 saturated carbocycles. The van der Waals surface area contributed by atoms with Crippen molar-refractivity contribution < 1.29 is 9.53 Å². The summed E-state index contributed by atoms with van der Waals surface area (Å²) in [6, 6.07) is 0. The van der Waals surface area contributed by atoms with E-state index < -0.39 is 5.60 Å². The van der Waals surface area contributed by atoms with Gasteiger partial charge in [0.15, 0.2) is 0 Å². The monoisotopic (exact) mass is 213 g/mol. The molecule has 0 aromatic heterocycles. The molecule has 3 heteroatoms. The number of rotatable bonds is 5. The predicted molar refractivity (Wildman–Crippen MR) is 60.8 cm³/mol. The van der Waals surface area contributed by atoms with Gasteiger partial charge in [-0.05, 0) is 32.6 Å². The molecule has 1 amide bonds. The van der Waals surface area contributed by atoms with Crippen LogP contribution in [0, 0.1) is 0 Å². The van der Waals surface area contributed by atoms with Crippen LogP contribution in [0.3, 0.4) is 0 Å². The second-order valence-corrected chi connectivity index (χ2v) is 4.48. The van der Waals surface area contributed by atoms with Crippen molar-refractivity contribution in [1.82, 2.24) is 4.90 Å². The van der Waals surface area contributed by atoms with Gasteiger partial charge in [-0.15, -0.1) is 0 Å². The van der Waals surface area contributed by atoms with E-state index in [1.807, 2.05) is 11.8 Å². The standard InChI is InChI=1S/C12H23NO2/c1-4-8-13(9-5-2)11(14)12(3)7-6-10-15-12/h4-10H2,1-3H3. The van der Waals surface area contributed by atoms with E-state index in [-0.39, 0.29) is 5.91 Å². The number of ether oxygens (including phenoxy) is 1. The first kappa shape index (κ1) is 12.5. The Morgan fingerprint density at radius 1 is 1.33 bits per heavy atom. The van der Waals surface area contributed by atoms with E-state index in [4.69, 9.17) is 4.74 Å². The first-order chi connectivity index (χ1) is 7.14. The fourth-order valence-electron chi connectivity index (χ4n) is 2.14. The lowest BCUT2D eigenvalue weighted by atomic mass is 10.0. The van der Waals surface area contributed by atoms with Crippen LogP contribution >= 0.6 is 0 Å². The van der Waals surface area contributed by atoms with Crippen LogP contribution in [0.5, 0.6) is 0 Å². The molecule has 1 heterocycles. The quantitative estimate of drug-likeness (QED) is 0.700. The lowest BCUT2D eigenvalue weighted by Crippen LogP contribution is -2.47. The van der Waals surface area contributed by atoms with Crippen molar-refractivity contribution in [3.05, 3.63) is 0 Å². The highest BCUT2D eigenvalue weighted by molar-refractivity contribution is 5.85. The molecule has 0 N–H and O–H groups in total. The van der Waals surface area contributed by atoms with Crippen molar-refractivity contribution in [1.29, 1.82) is 0 Å². The second kappa shape index (κ2) is 5.50. The molecule has 0 aromatic rings. The molecule has 0 spiro atoms. The molecule has 1 fully saturated rings. The average Bonchev–Trinajstić information content (AvgIpc) is 2.65. The lowest BCUT2D eigenvalue weighted by molar-refractivity contribution is -0.151. The predicted octanol–water partition coefficient (Wildman–Crippen LogP) is 2.20. The van der Waals surface area contributed by atoms with Crippen LogP contribution in [0.4, 0.5) is 0 Å². The fourth-order valence-corrected chi connectivity index (χ4v) is 2.14. The number of hydrogen-bond acceptors (Lipinski definition) is 2. The Bertz CT molecular complexity index is 204. The third kappa shape index (κ3) is 2.94. The van der Waals surface area contributed by atoms with E-state index in [1.165, 1.54) is 0 Å². The SMILES string of the molecule is CCCN(CCC)C(=O)C1(C)CCCO1. The van der Waals surface area contributed by atoms with Gasteiger partial charge in [0, 0.05) is 19.7 Å². The maximum atomic E-state index is 12.2. The molecule has 88 valence electrons. The summed E-state index contributed by atoms with van der Waals surface area (Å²) in [5.74, 6) is 0.184. The third-order valence-corrected chi connectivity index (χ3v) is 2.95. The average molecular weight is 213 g/mol. The van der Waals surface area contributed by atoms with Gasteiger partial charge in [-0.2, -0.15) is 0 Å². The van der Waals surface area contributed by atoms with Gasteiger partial charge in [0.1, 0.15) is 5.60 Å². The van der Waals surface area contributed by atoms with E-state index in [0.29, 0.717) is 0 Å². The number of nitrogens with zero attached hydrogens (tertiary/aromatic N) is 1. The van der Waals surface area contributed by atoms with Crippen molar-refractivity contribution in [3.63, 3.8) is 0 Å². The molecule has 1 aliphatic rings. The molecular formula is C12H23NO2. The Morgan fingerprint density at radius 2 is 1.93 bits per heavy atom. The van der Waals surface area contributed by atoms with Gasteiger partial charge >= 0.3 is 0 Å². The van der Waals surface area contributed by atoms with Crippen LogP contribution < -0.4 is 0 Å². The summed E-state index contributed by atoms with van der Waals surface area (Å²) in [5.41, 5.74) is -0.537. The van der Waals surface area contributed by atoms with Gasteiger partial charge in [0.2, 0.25) is 0 Å². The molecule has 0 aromatic carbocycles. The van der Waals surface area contributed by atoms with Crippen molar-refractivity contribution >= 4 is 5.91 Å². The maximum Gasteiger partial charge on any atom is 0.254 e. The molecule has 0 radical (unpaired) electrons. The molecule has 1 saturated heterocycles. The maximum absolute atomic E-state index is 12.2. The van der Waals surface area contributed by atoms with Crippen LogP contribution in [0.25, 0.3) is 0 Å². The zero-order valence-corrected chi connectivity index (χ0v) is 10.2. The zero-order chi connectivity index (χ0) is 11.3. The van der Waals surface area contributed by atoms with Crippen LogP contribution in [0.2, 0.25) is 0 Å². The molecule has 3 nitrogen and oxygen atoms in total. The highest BCUT2D eigenvalue weighted by Gasteiger charge is 2.40. The van der Waals surface area contributed by atoms with Gasteiger partial charge in [0.25, 0.3) is 5.91 Å². The summed E-state index contributed by atoms with van der Waals surface area (Å²) in [6.07, 6.45) is 3.91. The molecule has 1 rings (SSSR count). The van der Waals surface area contributed by atoms with Crippen molar-refractivity contribution in [3.8, 4) is 0 Å². The van der Waals surface area contributed by atoms with Crippen LogP contribution in [0.1, 0.15) is 46.5 Å². The normalized spacial score (nSPS) is 25.5. The van der Waals surface area contributed by atoms with E-state index in [0.717, 1.165) is 45.4 Å². The van der Waals surface area contributed by atoms with Gasteiger partial charge in [0.05, 0.1) is 0 Å². The molecule has 0 bridgehead atoms. The minimum absolute atomic E-state index is 0.184. The number of hydrogen-bond donors (Lipinski definition) is 0. The van der Waals surface area contributed by atoms with Crippen molar-refractivity contribution in [2.45, 2.75) is 52.1 Å². The van der Waals surface area contributed by atoms with Gasteiger partial charge in [-0.3, -0.25) is 4.79 Å². The Balaban J connectivity index is 2.61. The van der Waals surface area contributed by atoms with E-state index >= 15 is 0 Å². The van der Waals surface area contributed by atoms with Gasteiger partial charge in [-0.1, -0.05) is 13.8 Å².